The van der Waals surface area contributed by atoms with E-state index in [0.717, 1.165) is 29.8 Å². The second kappa shape index (κ2) is 6.42. The van der Waals surface area contributed by atoms with Crippen LogP contribution in [-0.2, 0) is 22.4 Å². The lowest BCUT2D eigenvalue weighted by atomic mass is 9.95. The summed E-state index contributed by atoms with van der Waals surface area (Å²) >= 11 is 0. The maximum absolute atomic E-state index is 12.4. The number of rotatable bonds is 3. The van der Waals surface area contributed by atoms with Crippen molar-refractivity contribution in [3.63, 3.8) is 0 Å². The number of benzene rings is 1. The van der Waals surface area contributed by atoms with Gasteiger partial charge in [0.25, 0.3) is 0 Å². The molecule has 24 heavy (non-hydrogen) atoms. The van der Waals surface area contributed by atoms with Crippen molar-refractivity contribution in [1.82, 2.24) is 4.57 Å². The van der Waals surface area contributed by atoms with E-state index in [1.165, 1.54) is 5.56 Å². The van der Waals surface area contributed by atoms with Gasteiger partial charge in [-0.1, -0.05) is 24.3 Å². The van der Waals surface area contributed by atoms with E-state index in [9.17, 15) is 4.79 Å². The van der Waals surface area contributed by atoms with Crippen LogP contribution in [0, 0.1) is 6.92 Å². The SMILES string of the molecule is Cc1c2n(c(OCC3COCCO3)cc1=O)CCc1ccccc1-2. The Labute approximate surface area is 140 Å². The summed E-state index contributed by atoms with van der Waals surface area (Å²) in [5, 5.41) is 0. The van der Waals surface area contributed by atoms with E-state index < -0.39 is 0 Å². The number of aryl methyl sites for hydroxylation is 1. The quantitative estimate of drug-likeness (QED) is 0.867. The van der Waals surface area contributed by atoms with Crippen molar-refractivity contribution in [3.05, 3.63) is 51.7 Å². The number of hydrogen-bond acceptors (Lipinski definition) is 4. The Morgan fingerprint density at radius 1 is 1.29 bits per heavy atom. The summed E-state index contributed by atoms with van der Waals surface area (Å²) in [6.45, 7) is 4.85. The third-order valence-electron chi connectivity index (χ3n) is 4.69. The Kier molecular flexibility index (Phi) is 4.12. The van der Waals surface area contributed by atoms with Crippen molar-refractivity contribution < 1.29 is 14.2 Å². The molecule has 0 N–H and O–H groups in total. The molecule has 1 aromatic carbocycles. The van der Waals surface area contributed by atoms with E-state index in [1.807, 2.05) is 19.1 Å². The minimum Gasteiger partial charge on any atom is -0.476 e. The zero-order valence-corrected chi connectivity index (χ0v) is 13.8. The van der Waals surface area contributed by atoms with Crippen LogP contribution < -0.4 is 10.2 Å². The molecule has 5 heteroatoms. The van der Waals surface area contributed by atoms with Gasteiger partial charge in [0, 0.05) is 23.7 Å². The van der Waals surface area contributed by atoms with Crippen LogP contribution in [0.2, 0.25) is 0 Å². The van der Waals surface area contributed by atoms with Crippen LogP contribution in [0.15, 0.2) is 35.1 Å². The molecule has 2 aliphatic heterocycles. The van der Waals surface area contributed by atoms with Gasteiger partial charge in [-0.2, -0.15) is 0 Å². The normalized spacial score (nSPS) is 19.5. The maximum atomic E-state index is 12.4. The highest BCUT2D eigenvalue weighted by Gasteiger charge is 2.22. The van der Waals surface area contributed by atoms with Gasteiger partial charge in [0.15, 0.2) is 11.3 Å². The number of fused-ring (bicyclic) bond motifs is 3. The van der Waals surface area contributed by atoms with Crippen LogP contribution in [0.5, 0.6) is 5.88 Å². The molecule has 1 aromatic heterocycles. The Morgan fingerprint density at radius 2 is 2.17 bits per heavy atom. The summed E-state index contributed by atoms with van der Waals surface area (Å²) in [5.74, 6) is 0.615. The molecule has 0 saturated carbocycles. The van der Waals surface area contributed by atoms with Crippen molar-refractivity contribution in [3.8, 4) is 17.1 Å². The number of ether oxygens (including phenoxy) is 3. The Hall–Kier alpha value is -2.11. The van der Waals surface area contributed by atoms with E-state index in [0.29, 0.717) is 32.3 Å². The van der Waals surface area contributed by atoms with Crippen molar-refractivity contribution >= 4 is 0 Å². The fourth-order valence-electron chi connectivity index (χ4n) is 3.43. The summed E-state index contributed by atoms with van der Waals surface area (Å²) in [7, 11) is 0. The minimum atomic E-state index is -0.0812. The second-order valence-corrected chi connectivity index (χ2v) is 6.26. The zero-order chi connectivity index (χ0) is 16.5. The average molecular weight is 327 g/mol. The summed E-state index contributed by atoms with van der Waals surface area (Å²) in [6.07, 6.45) is 0.854. The van der Waals surface area contributed by atoms with Crippen molar-refractivity contribution in [2.45, 2.75) is 26.0 Å². The first-order valence-electron chi connectivity index (χ1n) is 8.39. The lowest BCUT2D eigenvalue weighted by Gasteiger charge is -2.28. The van der Waals surface area contributed by atoms with Crippen molar-refractivity contribution in [2.75, 3.05) is 26.4 Å². The van der Waals surface area contributed by atoms with Crippen LogP contribution in [0.1, 0.15) is 11.1 Å². The standard InChI is InChI=1S/C19H21NO4/c1-13-17(21)10-18(24-12-15-11-22-8-9-23-15)20-7-6-14-4-2-3-5-16(14)19(13)20/h2-5,10,15H,6-9,11-12H2,1H3. The van der Waals surface area contributed by atoms with Crippen LogP contribution >= 0.6 is 0 Å². The van der Waals surface area contributed by atoms with Gasteiger partial charge >= 0.3 is 0 Å². The Bertz CT molecular complexity index is 805. The zero-order valence-electron chi connectivity index (χ0n) is 13.8. The Balaban J connectivity index is 1.69. The molecule has 2 aliphatic rings. The first kappa shape index (κ1) is 15.4. The molecule has 0 bridgehead atoms. The van der Waals surface area contributed by atoms with Crippen molar-refractivity contribution in [1.29, 1.82) is 0 Å². The number of pyridine rings is 1. The molecule has 0 amide bonds. The van der Waals surface area contributed by atoms with Crippen LogP contribution in [0.3, 0.4) is 0 Å². The highest BCUT2D eigenvalue weighted by Crippen LogP contribution is 2.33. The molecule has 126 valence electrons. The number of aromatic nitrogens is 1. The van der Waals surface area contributed by atoms with Gasteiger partial charge in [0.1, 0.15) is 12.7 Å². The van der Waals surface area contributed by atoms with E-state index in [4.69, 9.17) is 14.2 Å². The average Bonchev–Trinajstić information content (AvgIpc) is 2.63. The Morgan fingerprint density at radius 3 is 3.00 bits per heavy atom. The van der Waals surface area contributed by atoms with Gasteiger partial charge in [0.2, 0.25) is 0 Å². The van der Waals surface area contributed by atoms with E-state index in [1.54, 1.807) is 6.07 Å². The molecule has 0 radical (unpaired) electrons. The fourth-order valence-corrected chi connectivity index (χ4v) is 3.43. The molecule has 1 saturated heterocycles. The third-order valence-corrected chi connectivity index (χ3v) is 4.69. The third kappa shape index (κ3) is 2.74. The van der Waals surface area contributed by atoms with Crippen LogP contribution in [0.4, 0.5) is 0 Å². The van der Waals surface area contributed by atoms with E-state index in [2.05, 4.69) is 16.7 Å². The smallest absolute Gasteiger partial charge is 0.197 e. The van der Waals surface area contributed by atoms with Gasteiger partial charge < -0.3 is 18.8 Å². The summed E-state index contributed by atoms with van der Waals surface area (Å²) in [6, 6.07) is 9.86. The minimum absolute atomic E-state index is 0.00812. The highest BCUT2D eigenvalue weighted by molar-refractivity contribution is 5.69. The highest BCUT2D eigenvalue weighted by atomic mass is 16.6. The molecule has 1 atom stereocenters. The summed E-state index contributed by atoms with van der Waals surface area (Å²) in [5.41, 5.74) is 4.16. The van der Waals surface area contributed by atoms with Gasteiger partial charge in [-0.15, -0.1) is 0 Å². The van der Waals surface area contributed by atoms with Gasteiger partial charge in [-0.05, 0) is 18.9 Å². The number of hydrogen-bond donors (Lipinski definition) is 0. The largest absolute Gasteiger partial charge is 0.476 e. The summed E-state index contributed by atoms with van der Waals surface area (Å²) in [4.78, 5) is 12.4. The lowest BCUT2D eigenvalue weighted by molar-refractivity contribution is -0.102. The summed E-state index contributed by atoms with van der Waals surface area (Å²) < 4.78 is 19.1. The molecular formula is C19H21NO4. The molecule has 0 aliphatic carbocycles. The molecule has 5 nitrogen and oxygen atoms in total. The molecule has 4 rings (SSSR count). The van der Waals surface area contributed by atoms with Crippen LogP contribution in [-0.4, -0.2) is 37.1 Å². The molecule has 1 fully saturated rings. The van der Waals surface area contributed by atoms with Crippen LogP contribution in [0.25, 0.3) is 11.3 Å². The van der Waals surface area contributed by atoms with E-state index >= 15 is 0 Å². The first-order chi connectivity index (χ1) is 11.7. The first-order valence-corrected chi connectivity index (χ1v) is 8.39. The molecule has 3 heterocycles. The predicted octanol–water partition coefficient (Wildman–Crippen LogP) is 2.17. The monoisotopic (exact) mass is 327 g/mol. The van der Waals surface area contributed by atoms with Gasteiger partial charge in [-0.3, -0.25) is 4.79 Å². The fraction of sp³-hybridized carbons (Fsp3) is 0.421. The van der Waals surface area contributed by atoms with E-state index in [-0.39, 0.29) is 11.5 Å². The predicted molar refractivity (Wildman–Crippen MR) is 90.6 cm³/mol. The second-order valence-electron chi connectivity index (χ2n) is 6.26. The molecule has 0 spiro atoms. The lowest BCUT2D eigenvalue weighted by Crippen LogP contribution is -2.34. The maximum Gasteiger partial charge on any atom is 0.197 e. The molecule has 1 unspecified atom stereocenters. The molecule has 2 aromatic rings. The van der Waals surface area contributed by atoms with Gasteiger partial charge in [0.05, 0.1) is 25.5 Å². The number of nitrogens with zero attached hydrogens (tertiary/aromatic N) is 1. The molecular weight excluding hydrogens is 306 g/mol. The topological polar surface area (TPSA) is 49.7 Å². The van der Waals surface area contributed by atoms with Crippen molar-refractivity contribution in [2.24, 2.45) is 0 Å². The van der Waals surface area contributed by atoms with Gasteiger partial charge in [-0.25, -0.2) is 0 Å².